The van der Waals surface area contributed by atoms with Crippen LogP contribution in [0.4, 0.5) is 13.2 Å². The minimum Gasteiger partial charge on any atom is -0.469 e. The van der Waals surface area contributed by atoms with Gasteiger partial charge < -0.3 is 9.72 Å². The smallest absolute Gasteiger partial charge is 0.305 e. The minimum absolute atomic E-state index is 0.141. The highest BCUT2D eigenvalue weighted by Crippen LogP contribution is 2.26. The predicted octanol–water partition coefficient (Wildman–Crippen LogP) is 3.08. The minimum atomic E-state index is -1.20. The van der Waals surface area contributed by atoms with Crippen LogP contribution in [0.1, 0.15) is 18.5 Å². The highest BCUT2D eigenvalue weighted by Gasteiger charge is 2.17. The molecule has 0 bridgehead atoms. The number of aromatic nitrogens is 1. The molecule has 0 unspecified atom stereocenters. The monoisotopic (exact) mass is 271 g/mol. The molecule has 0 spiro atoms. The number of benzene rings is 1. The molecule has 0 aliphatic rings. The van der Waals surface area contributed by atoms with Crippen molar-refractivity contribution in [3.05, 3.63) is 35.3 Å². The third-order valence-electron chi connectivity index (χ3n) is 2.90. The van der Waals surface area contributed by atoms with Crippen molar-refractivity contribution < 1.29 is 22.7 Å². The van der Waals surface area contributed by atoms with Gasteiger partial charge in [-0.05, 0) is 25.0 Å². The molecule has 2 rings (SSSR count). The second-order valence-electron chi connectivity index (χ2n) is 4.13. The van der Waals surface area contributed by atoms with Crippen LogP contribution >= 0.6 is 0 Å². The number of nitrogens with one attached hydrogen (secondary N) is 1. The van der Waals surface area contributed by atoms with Crippen LogP contribution in [0.2, 0.25) is 0 Å². The van der Waals surface area contributed by atoms with Crippen molar-refractivity contribution in [1.82, 2.24) is 4.98 Å². The van der Waals surface area contributed by atoms with Crippen LogP contribution in [0.3, 0.4) is 0 Å². The number of aromatic amines is 1. The summed E-state index contributed by atoms with van der Waals surface area (Å²) in [5.74, 6) is -3.50. The standard InChI is InChI=1S/C13H12F3NO2/c1-19-10(18)4-2-3-9-13(16)11-8(17-9)6-5-7(14)12(11)15/h5-6,17H,2-4H2,1H3. The van der Waals surface area contributed by atoms with Crippen molar-refractivity contribution in [2.75, 3.05) is 7.11 Å². The summed E-state index contributed by atoms with van der Waals surface area (Å²) in [5, 5.41) is -0.381. The third-order valence-corrected chi connectivity index (χ3v) is 2.90. The maximum Gasteiger partial charge on any atom is 0.305 e. The molecule has 2 aromatic rings. The van der Waals surface area contributed by atoms with Gasteiger partial charge in [0.05, 0.1) is 23.7 Å². The first-order valence-corrected chi connectivity index (χ1v) is 5.75. The molecular formula is C13H12F3NO2. The molecule has 3 nitrogen and oxygen atoms in total. The van der Waals surface area contributed by atoms with E-state index in [1.165, 1.54) is 13.2 Å². The van der Waals surface area contributed by atoms with Gasteiger partial charge in [-0.15, -0.1) is 0 Å². The second-order valence-corrected chi connectivity index (χ2v) is 4.13. The van der Waals surface area contributed by atoms with Gasteiger partial charge in [-0.2, -0.15) is 0 Å². The van der Waals surface area contributed by atoms with E-state index >= 15 is 0 Å². The van der Waals surface area contributed by atoms with Gasteiger partial charge >= 0.3 is 5.97 Å². The molecule has 0 atom stereocenters. The van der Waals surface area contributed by atoms with Gasteiger partial charge in [-0.3, -0.25) is 4.79 Å². The van der Waals surface area contributed by atoms with E-state index in [0.717, 1.165) is 6.07 Å². The van der Waals surface area contributed by atoms with E-state index < -0.39 is 23.4 Å². The Balaban J connectivity index is 2.23. The van der Waals surface area contributed by atoms with E-state index in [1.807, 2.05) is 0 Å². The van der Waals surface area contributed by atoms with Gasteiger partial charge in [0.1, 0.15) is 0 Å². The molecule has 0 radical (unpaired) electrons. The van der Waals surface area contributed by atoms with Crippen LogP contribution in [-0.4, -0.2) is 18.1 Å². The molecule has 0 saturated carbocycles. The fourth-order valence-corrected chi connectivity index (χ4v) is 1.92. The van der Waals surface area contributed by atoms with Crippen molar-refractivity contribution in [2.45, 2.75) is 19.3 Å². The van der Waals surface area contributed by atoms with Crippen LogP contribution in [-0.2, 0) is 16.0 Å². The SMILES string of the molecule is COC(=O)CCCc1[nH]c2ccc(F)c(F)c2c1F. The molecule has 0 aliphatic heterocycles. The summed E-state index contributed by atoms with van der Waals surface area (Å²) in [6.45, 7) is 0. The van der Waals surface area contributed by atoms with Gasteiger partial charge in [0.25, 0.3) is 0 Å². The van der Waals surface area contributed by atoms with Crippen molar-refractivity contribution >= 4 is 16.9 Å². The summed E-state index contributed by atoms with van der Waals surface area (Å²) < 4.78 is 44.9. The average Bonchev–Trinajstić information content (AvgIpc) is 2.71. The number of carbonyl (C=O) groups is 1. The number of H-pyrrole nitrogens is 1. The molecule has 0 saturated heterocycles. The van der Waals surface area contributed by atoms with Crippen LogP contribution in [0, 0.1) is 17.5 Å². The number of ether oxygens (including phenoxy) is 1. The van der Waals surface area contributed by atoms with Gasteiger partial charge in [0.15, 0.2) is 17.5 Å². The molecular weight excluding hydrogens is 259 g/mol. The number of fused-ring (bicyclic) bond motifs is 1. The fourth-order valence-electron chi connectivity index (χ4n) is 1.92. The summed E-state index contributed by atoms with van der Waals surface area (Å²) in [6, 6.07) is 2.21. The normalized spacial score (nSPS) is 10.9. The van der Waals surface area contributed by atoms with Crippen LogP contribution in [0.5, 0.6) is 0 Å². The number of esters is 1. The summed E-state index contributed by atoms with van der Waals surface area (Å²) in [7, 11) is 1.27. The Morgan fingerprint density at radius 1 is 1.26 bits per heavy atom. The van der Waals surface area contributed by atoms with Crippen molar-refractivity contribution in [1.29, 1.82) is 0 Å². The predicted molar refractivity (Wildman–Crippen MR) is 63.1 cm³/mol. The summed E-state index contributed by atoms with van der Waals surface area (Å²) in [5.41, 5.74) is 0.355. The maximum atomic E-state index is 13.9. The van der Waals surface area contributed by atoms with Crippen molar-refractivity contribution in [2.24, 2.45) is 0 Å². The Morgan fingerprint density at radius 3 is 2.68 bits per heavy atom. The lowest BCUT2D eigenvalue weighted by Crippen LogP contribution is -2.01. The molecule has 19 heavy (non-hydrogen) atoms. The quantitative estimate of drug-likeness (QED) is 0.868. The first-order chi connectivity index (χ1) is 9.04. The Kier molecular flexibility index (Phi) is 3.78. The fraction of sp³-hybridized carbons (Fsp3) is 0.308. The number of hydrogen-bond acceptors (Lipinski definition) is 2. The number of methoxy groups -OCH3 is 1. The molecule has 102 valence electrons. The molecule has 0 aliphatic carbocycles. The van der Waals surface area contributed by atoms with Crippen LogP contribution in [0.25, 0.3) is 10.9 Å². The zero-order valence-electron chi connectivity index (χ0n) is 10.2. The van der Waals surface area contributed by atoms with E-state index in [9.17, 15) is 18.0 Å². The van der Waals surface area contributed by atoms with E-state index in [2.05, 4.69) is 9.72 Å². The lowest BCUT2D eigenvalue weighted by atomic mass is 10.1. The van der Waals surface area contributed by atoms with Gasteiger partial charge in [0, 0.05) is 6.42 Å². The molecule has 0 fully saturated rings. The Labute approximate surface area is 107 Å². The Morgan fingerprint density at radius 2 is 2.00 bits per heavy atom. The molecule has 1 aromatic heterocycles. The lowest BCUT2D eigenvalue weighted by molar-refractivity contribution is -0.140. The highest BCUT2D eigenvalue weighted by molar-refractivity contribution is 5.82. The zero-order chi connectivity index (χ0) is 14.0. The maximum absolute atomic E-state index is 13.9. The summed E-state index contributed by atoms with van der Waals surface area (Å²) >= 11 is 0. The van der Waals surface area contributed by atoms with Crippen LogP contribution < -0.4 is 0 Å². The topological polar surface area (TPSA) is 42.1 Å². The van der Waals surface area contributed by atoms with E-state index in [0.29, 0.717) is 6.42 Å². The Hall–Kier alpha value is -1.98. The van der Waals surface area contributed by atoms with Crippen molar-refractivity contribution in [3.63, 3.8) is 0 Å². The third kappa shape index (κ3) is 2.57. The number of hydrogen-bond donors (Lipinski definition) is 1. The van der Waals surface area contributed by atoms with Crippen molar-refractivity contribution in [3.8, 4) is 0 Å². The average molecular weight is 271 g/mol. The van der Waals surface area contributed by atoms with Crippen LogP contribution in [0.15, 0.2) is 12.1 Å². The van der Waals surface area contributed by atoms with E-state index in [1.54, 1.807) is 0 Å². The Bertz CT molecular complexity index is 622. The summed E-state index contributed by atoms with van der Waals surface area (Å²) in [6.07, 6.45) is 0.722. The largest absolute Gasteiger partial charge is 0.469 e. The first kappa shape index (κ1) is 13.5. The van der Waals surface area contributed by atoms with E-state index in [-0.39, 0.29) is 29.4 Å². The van der Waals surface area contributed by atoms with Gasteiger partial charge in [-0.1, -0.05) is 0 Å². The van der Waals surface area contributed by atoms with E-state index in [4.69, 9.17) is 0 Å². The second kappa shape index (κ2) is 5.34. The molecule has 1 aromatic carbocycles. The number of aryl methyl sites for hydroxylation is 1. The number of halogens is 3. The molecule has 1 heterocycles. The zero-order valence-corrected chi connectivity index (χ0v) is 10.2. The number of carbonyl (C=O) groups excluding carboxylic acids is 1. The molecule has 1 N–H and O–H groups in total. The van der Waals surface area contributed by atoms with Gasteiger partial charge in [0.2, 0.25) is 0 Å². The highest BCUT2D eigenvalue weighted by atomic mass is 19.2. The lowest BCUT2D eigenvalue weighted by Gasteiger charge is -1.98. The number of rotatable bonds is 4. The first-order valence-electron chi connectivity index (χ1n) is 5.75. The van der Waals surface area contributed by atoms with Gasteiger partial charge in [-0.25, -0.2) is 13.2 Å². The summed E-state index contributed by atoms with van der Waals surface area (Å²) in [4.78, 5) is 13.6. The molecule has 6 heteroatoms. The molecule has 0 amide bonds.